The molecule has 0 bridgehead atoms. The highest BCUT2D eigenvalue weighted by Crippen LogP contribution is 2.24. The van der Waals surface area contributed by atoms with Gasteiger partial charge in [-0.15, -0.1) is 0 Å². The summed E-state index contributed by atoms with van der Waals surface area (Å²) in [6.45, 7) is 9.70. The van der Waals surface area contributed by atoms with Crippen LogP contribution in [0.25, 0.3) is 11.3 Å². The van der Waals surface area contributed by atoms with Crippen LogP contribution in [-0.2, 0) is 0 Å². The smallest absolute Gasteiger partial charge is 0.257 e. The van der Waals surface area contributed by atoms with Gasteiger partial charge in [0.15, 0.2) is 0 Å². The maximum atomic E-state index is 12.5. The van der Waals surface area contributed by atoms with E-state index in [0.717, 1.165) is 31.6 Å². The third kappa shape index (κ3) is 4.39. The van der Waals surface area contributed by atoms with E-state index in [0.29, 0.717) is 23.6 Å². The van der Waals surface area contributed by atoms with E-state index in [9.17, 15) is 4.79 Å². The molecule has 6 nitrogen and oxygen atoms in total. The molecule has 2 aromatic rings. The zero-order valence-corrected chi connectivity index (χ0v) is 14.0. The number of nitrogens with zero attached hydrogens (tertiary/aromatic N) is 3. The van der Waals surface area contributed by atoms with Crippen molar-refractivity contribution in [1.29, 1.82) is 0 Å². The van der Waals surface area contributed by atoms with Gasteiger partial charge in [0.2, 0.25) is 0 Å². The fourth-order valence-electron chi connectivity index (χ4n) is 2.47. The minimum Gasteiger partial charge on any atom is -0.360 e. The lowest BCUT2D eigenvalue weighted by molar-refractivity contribution is 0.0951. The molecule has 0 radical (unpaired) electrons. The van der Waals surface area contributed by atoms with Crippen molar-refractivity contribution in [2.45, 2.75) is 27.2 Å². The zero-order valence-electron chi connectivity index (χ0n) is 14.0. The number of carbonyl (C=O) groups is 1. The Bertz CT molecular complexity index is 621. The van der Waals surface area contributed by atoms with Gasteiger partial charge >= 0.3 is 0 Å². The summed E-state index contributed by atoms with van der Waals surface area (Å²) in [6, 6.07) is 3.67. The van der Waals surface area contributed by atoms with Crippen LogP contribution in [0.15, 0.2) is 29.0 Å². The summed E-state index contributed by atoms with van der Waals surface area (Å²) in [5, 5.41) is 6.96. The van der Waals surface area contributed by atoms with Crippen LogP contribution in [0.4, 0.5) is 0 Å². The average molecular weight is 316 g/mol. The quantitative estimate of drug-likeness (QED) is 0.758. The van der Waals surface area contributed by atoms with Gasteiger partial charge in [-0.25, -0.2) is 0 Å². The lowest BCUT2D eigenvalue weighted by Gasteiger charge is -2.17. The number of pyridine rings is 1. The molecule has 124 valence electrons. The highest BCUT2D eigenvalue weighted by atomic mass is 16.5. The molecule has 0 aliphatic heterocycles. The normalized spacial score (nSPS) is 11.0. The van der Waals surface area contributed by atoms with Crippen molar-refractivity contribution in [3.63, 3.8) is 0 Å². The molecule has 2 aromatic heterocycles. The topological polar surface area (TPSA) is 71.3 Å². The predicted octanol–water partition coefficient (Wildman–Crippen LogP) is 2.51. The molecule has 0 fully saturated rings. The molecule has 0 saturated heterocycles. The van der Waals surface area contributed by atoms with Crippen molar-refractivity contribution in [3.8, 4) is 11.3 Å². The monoisotopic (exact) mass is 316 g/mol. The maximum Gasteiger partial charge on any atom is 0.257 e. The predicted molar refractivity (Wildman–Crippen MR) is 89.2 cm³/mol. The van der Waals surface area contributed by atoms with E-state index in [4.69, 9.17) is 4.52 Å². The van der Waals surface area contributed by atoms with Crippen LogP contribution in [0, 0.1) is 6.92 Å². The van der Waals surface area contributed by atoms with Gasteiger partial charge in [0.05, 0.1) is 0 Å². The Kier molecular flexibility index (Phi) is 6.29. The standard InChI is InChI=1S/C17H24N4O2/c1-4-21(5-2)11-7-10-19-17(22)15-13(3)23-20-16(15)14-8-6-9-18-12-14/h6,8-9,12H,4-5,7,10-11H2,1-3H3,(H,19,22). The lowest BCUT2D eigenvalue weighted by Crippen LogP contribution is -2.30. The molecule has 0 aliphatic carbocycles. The van der Waals surface area contributed by atoms with E-state index in [1.165, 1.54) is 0 Å². The first kappa shape index (κ1) is 17.1. The van der Waals surface area contributed by atoms with E-state index in [2.05, 4.69) is 34.2 Å². The van der Waals surface area contributed by atoms with Crippen molar-refractivity contribution in [3.05, 3.63) is 35.9 Å². The number of rotatable bonds is 8. The molecule has 1 amide bonds. The van der Waals surface area contributed by atoms with E-state index in [-0.39, 0.29) is 5.91 Å². The SMILES string of the molecule is CCN(CC)CCCNC(=O)c1c(-c2cccnc2)noc1C. The first-order valence-electron chi connectivity index (χ1n) is 8.04. The Labute approximate surface area is 136 Å². The molecule has 6 heteroatoms. The second-order valence-electron chi connectivity index (χ2n) is 5.34. The Morgan fingerprint density at radius 1 is 1.35 bits per heavy atom. The summed E-state index contributed by atoms with van der Waals surface area (Å²) in [5.74, 6) is 0.368. The lowest BCUT2D eigenvalue weighted by atomic mass is 10.1. The second-order valence-corrected chi connectivity index (χ2v) is 5.34. The van der Waals surface area contributed by atoms with Crippen molar-refractivity contribution < 1.29 is 9.32 Å². The fourth-order valence-corrected chi connectivity index (χ4v) is 2.47. The summed E-state index contributed by atoms with van der Waals surface area (Å²) < 4.78 is 5.20. The van der Waals surface area contributed by atoms with Gasteiger partial charge in [0, 0.05) is 24.5 Å². The molecule has 0 saturated carbocycles. The molecule has 0 aromatic carbocycles. The van der Waals surface area contributed by atoms with Gasteiger partial charge in [-0.3, -0.25) is 9.78 Å². The second kappa shape index (κ2) is 8.43. The summed E-state index contributed by atoms with van der Waals surface area (Å²) >= 11 is 0. The van der Waals surface area contributed by atoms with Gasteiger partial charge < -0.3 is 14.7 Å². The van der Waals surface area contributed by atoms with Gasteiger partial charge in [-0.1, -0.05) is 19.0 Å². The summed E-state index contributed by atoms with van der Waals surface area (Å²) in [5.41, 5.74) is 1.80. The summed E-state index contributed by atoms with van der Waals surface area (Å²) in [6.07, 6.45) is 4.28. The Balaban J connectivity index is 1.99. The molecule has 23 heavy (non-hydrogen) atoms. The van der Waals surface area contributed by atoms with Crippen LogP contribution < -0.4 is 5.32 Å². The minimum atomic E-state index is -0.151. The van der Waals surface area contributed by atoms with Gasteiger partial charge in [-0.2, -0.15) is 0 Å². The molecular weight excluding hydrogens is 292 g/mol. The highest BCUT2D eigenvalue weighted by Gasteiger charge is 2.21. The van der Waals surface area contributed by atoms with Crippen molar-refractivity contribution in [1.82, 2.24) is 20.4 Å². The van der Waals surface area contributed by atoms with Crippen molar-refractivity contribution >= 4 is 5.91 Å². The maximum absolute atomic E-state index is 12.5. The number of amides is 1. The van der Waals surface area contributed by atoms with Crippen molar-refractivity contribution in [2.75, 3.05) is 26.2 Å². The molecule has 0 unspecified atom stereocenters. The molecule has 0 aliphatic rings. The van der Waals surface area contributed by atoms with Crippen LogP contribution in [-0.4, -0.2) is 47.1 Å². The Morgan fingerprint density at radius 2 is 2.13 bits per heavy atom. The van der Waals surface area contributed by atoms with E-state index >= 15 is 0 Å². The summed E-state index contributed by atoms with van der Waals surface area (Å²) in [7, 11) is 0. The molecular formula is C17H24N4O2. The van der Waals surface area contributed by atoms with Gasteiger partial charge in [0.25, 0.3) is 5.91 Å². The third-order valence-corrected chi connectivity index (χ3v) is 3.86. The molecule has 2 rings (SSSR count). The van der Waals surface area contributed by atoms with Gasteiger partial charge in [0.1, 0.15) is 17.0 Å². The van der Waals surface area contributed by atoms with Crippen LogP contribution in [0.1, 0.15) is 36.4 Å². The summed E-state index contributed by atoms with van der Waals surface area (Å²) in [4.78, 5) is 18.9. The fraction of sp³-hybridized carbons (Fsp3) is 0.471. The number of carbonyl (C=O) groups excluding carboxylic acids is 1. The number of aryl methyl sites for hydroxylation is 1. The van der Waals surface area contributed by atoms with Gasteiger partial charge in [-0.05, 0) is 45.1 Å². The number of aromatic nitrogens is 2. The Hall–Kier alpha value is -2.21. The van der Waals surface area contributed by atoms with E-state index in [1.807, 2.05) is 12.1 Å². The van der Waals surface area contributed by atoms with Crippen LogP contribution in [0.2, 0.25) is 0 Å². The molecule has 0 atom stereocenters. The molecule has 2 heterocycles. The minimum absolute atomic E-state index is 0.151. The highest BCUT2D eigenvalue weighted by molar-refractivity contribution is 6.00. The van der Waals surface area contributed by atoms with Crippen molar-refractivity contribution in [2.24, 2.45) is 0 Å². The van der Waals surface area contributed by atoms with Crippen LogP contribution in [0.3, 0.4) is 0 Å². The number of hydrogen-bond acceptors (Lipinski definition) is 5. The van der Waals surface area contributed by atoms with E-state index < -0.39 is 0 Å². The zero-order chi connectivity index (χ0) is 16.7. The number of nitrogens with one attached hydrogen (secondary N) is 1. The molecule has 0 spiro atoms. The molecule has 1 N–H and O–H groups in total. The van der Waals surface area contributed by atoms with E-state index in [1.54, 1.807) is 19.3 Å². The number of hydrogen-bond donors (Lipinski definition) is 1. The Morgan fingerprint density at radius 3 is 2.78 bits per heavy atom. The first-order valence-corrected chi connectivity index (χ1v) is 8.04. The third-order valence-electron chi connectivity index (χ3n) is 3.86. The average Bonchev–Trinajstić information content (AvgIpc) is 2.97. The largest absolute Gasteiger partial charge is 0.360 e. The van der Waals surface area contributed by atoms with Crippen LogP contribution >= 0.6 is 0 Å². The van der Waals surface area contributed by atoms with Crippen LogP contribution in [0.5, 0.6) is 0 Å². The first-order chi connectivity index (χ1) is 11.2.